The summed E-state index contributed by atoms with van der Waals surface area (Å²) in [6.45, 7) is 0. The fraction of sp³-hybridized carbons (Fsp3) is 0.308. The second-order valence-corrected chi connectivity index (χ2v) is 5.63. The molecule has 13 heteroatoms. The molecule has 0 spiro atoms. The number of aromatic amines is 1. The fourth-order valence-electron chi connectivity index (χ4n) is 2.64. The first kappa shape index (κ1) is 16.3. The maximum Gasteiger partial charge on any atom is 0.450 e. The number of aliphatic hydroxyl groups is 1. The number of rotatable bonds is 1. The molecule has 0 unspecified atom stereocenters. The Morgan fingerprint density at radius 3 is 2.88 bits per heavy atom. The molecule has 2 aliphatic rings. The molecule has 0 fully saturated rings. The molecule has 0 saturated carbocycles. The van der Waals surface area contributed by atoms with Crippen LogP contribution in [0.2, 0.25) is 0 Å². The Morgan fingerprint density at radius 2 is 2.19 bits per heavy atom. The Hall–Kier alpha value is -3.22. The van der Waals surface area contributed by atoms with Crippen LogP contribution >= 0.6 is 0 Å². The summed E-state index contributed by atoms with van der Waals surface area (Å²) in [6, 6.07) is 2.95. The summed E-state index contributed by atoms with van der Waals surface area (Å²) < 4.78 is 47.3. The van der Waals surface area contributed by atoms with Gasteiger partial charge in [-0.3, -0.25) is 0 Å². The minimum Gasteiger partial charge on any atom is -0.463 e. The van der Waals surface area contributed by atoms with Gasteiger partial charge < -0.3 is 15.3 Å². The second kappa shape index (κ2) is 5.39. The number of nitrogens with zero attached hydrogens (tertiary/aromatic N) is 6. The highest BCUT2D eigenvalue weighted by Crippen LogP contribution is 2.41. The molecular formula is C13H12F3N8O2+. The van der Waals surface area contributed by atoms with E-state index in [-0.39, 0.29) is 29.6 Å². The zero-order chi connectivity index (χ0) is 18.5. The van der Waals surface area contributed by atoms with Gasteiger partial charge in [0.1, 0.15) is 11.5 Å². The summed E-state index contributed by atoms with van der Waals surface area (Å²) in [5.74, 6) is -0.0268. The minimum atomic E-state index is -5.05. The number of alkyl halides is 3. The van der Waals surface area contributed by atoms with Gasteiger partial charge in [-0.1, -0.05) is 5.10 Å². The van der Waals surface area contributed by atoms with E-state index in [9.17, 15) is 18.3 Å². The largest absolute Gasteiger partial charge is 0.463 e. The topological polar surface area (TPSA) is 132 Å². The third-order valence-electron chi connectivity index (χ3n) is 3.90. The van der Waals surface area contributed by atoms with Crippen molar-refractivity contribution in [2.45, 2.75) is 24.7 Å². The number of halogens is 3. The second-order valence-electron chi connectivity index (χ2n) is 5.63. The summed E-state index contributed by atoms with van der Waals surface area (Å²) in [5, 5.41) is 24.7. The van der Waals surface area contributed by atoms with E-state index in [1.165, 1.54) is 24.7 Å². The minimum absolute atomic E-state index is 0.0471. The lowest BCUT2D eigenvalue weighted by atomic mass is 10.1. The van der Waals surface area contributed by atoms with Crippen LogP contribution < -0.4 is 10.4 Å². The lowest BCUT2D eigenvalue weighted by Gasteiger charge is -2.29. The molecule has 0 amide bonds. The first-order valence-electron chi connectivity index (χ1n) is 7.35. The van der Waals surface area contributed by atoms with Crippen LogP contribution in [0.3, 0.4) is 0 Å². The molecule has 4 N–H and O–H groups in total. The summed E-state index contributed by atoms with van der Waals surface area (Å²) in [4.78, 5) is 3.98. The van der Waals surface area contributed by atoms with Gasteiger partial charge in [0.15, 0.2) is 12.1 Å². The van der Waals surface area contributed by atoms with Crippen LogP contribution in [0.1, 0.15) is 18.0 Å². The molecule has 0 radical (unpaired) electrons. The van der Waals surface area contributed by atoms with Crippen molar-refractivity contribution in [3.8, 4) is 0 Å². The highest BCUT2D eigenvalue weighted by atomic mass is 19.4. The van der Waals surface area contributed by atoms with Crippen LogP contribution in [0.25, 0.3) is 0 Å². The zero-order valence-corrected chi connectivity index (χ0v) is 13.0. The van der Waals surface area contributed by atoms with Crippen molar-refractivity contribution in [3.05, 3.63) is 36.3 Å². The standard InChI is InChI=1S/C13H11F3N8O2/c14-13(15,16)12(25)5-7(8-2-1-3-26-8)22-24(12)11-21-20-9(17)4-10-18-6-19-23(10)11/h1-3,6,25H,4-5H2,(H2,17,20)/p+1/t12-/m0/s1. The van der Waals surface area contributed by atoms with Gasteiger partial charge in [-0.15, -0.1) is 19.8 Å². The average Bonchev–Trinajstić information content (AvgIpc) is 3.27. The number of amidine groups is 1. The highest BCUT2D eigenvalue weighted by Gasteiger charge is 2.67. The van der Waals surface area contributed by atoms with Gasteiger partial charge in [-0.25, -0.2) is 5.10 Å². The first-order valence-corrected chi connectivity index (χ1v) is 7.35. The van der Waals surface area contributed by atoms with Crippen molar-refractivity contribution in [3.63, 3.8) is 0 Å². The van der Waals surface area contributed by atoms with Crippen molar-refractivity contribution < 1.29 is 27.4 Å². The molecule has 136 valence electrons. The van der Waals surface area contributed by atoms with Crippen LogP contribution in [0.4, 0.5) is 13.2 Å². The van der Waals surface area contributed by atoms with Crippen LogP contribution in [0.5, 0.6) is 0 Å². The van der Waals surface area contributed by atoms with E-state index < -0.39 is 24.3 Å². The van der Waals surface area contributed by atoms with Crippen molar-refractivity contribution in [2.75, 3.05) is 0 Å². The summed E-state index contributed by atoms with van der Waals surface area (Å²) in [6.07, 6.45) is -3.29. The molecular weight excluding hydrogens is 357 g/mol. The van der Waals surface area contributed by atoms with E-state index in [2.05, 4.69) is 25.4 Å². The van der Waals surface area contributed by atoms with E-state index in [4.69, 9.17) is 10.2 Å². The Morgan fingerprint density at radius 1 is 1.38 bits per heavy atom. The quantitative estimate of drug-likeness (QED) is 0.593. The third-order valence-corrected chi connectivity index (χ3v) is 3.90. The van der Waals surface area contributed by atoms with Crippen LogP contribution in [0, 0.1) is 0 Å². The Labute approximate surface area is 143 Å². The summed E-state index contributed by atoms with van der Waals surface area (Å²) >= 11 is 0. The molecule has 0 bridgehead atoms. The smallest absolute Gasteiger partial charge is 0.450 e. The molecule has 10 nitrogen and oxygen atoms in total. The van der Waals surface area contributed by atoms with E-state index >= 15 is 0 Å². The van der Waals surface area contributed by atoms with Crippen molar-refractivity contribution in [2.24, 2.45) is 21.0 Å². The number of aromatic nitrogens is 3. The normalized spacial score (nSPS) is 23.2. The molecule has 0 saturated heterocycles. The predicted octanol–water partition coefficient (Wildman–Crippen LogP) is -0.317. The number of fused-ring (bicyclic) bond motifs is 1. The number of hydrazone groups is 1. The molecule has 0 aromatic carbocycles. The Kier molecular flexibility index (Phi) is 3.37. The summed E-state index contributed by atoms with van der Waals surface area (Å²) in [7, 11) is 0. The number of nitrogens with two attached hydrogens (primary N) is 1. The lowest BCUT2D eigenvalue weighted by Crippen LogP contribution is -2.65. The molecule has 2 aromatic heterocycles. The molecule has 2 aliphatic heterocycles. The van der Waals surface area contributed by atoms with Gasteiger partial charge in [-0.2, -0.15) is 13.2 Å². The highest BCUT2D eigenvalue weighted by molar-refractivity contribution is 6.01. The maximum absolute atomic E-state index is 13.7. The van der Waals surface area contributed by atoms with Crippen LogP contribution in [-0.4, -0.2) is 49.6 Å². The SMILES string of the molecule is NC1=NN=C(N2N=C(c3ccco3)C[C@]2(O)C(F)(F)F)[n+]2[nH]cnc2C1. The van der Waals surface area contributed by atoms with E-state index in [0.29, 0.717) is 5.01 Å². The van der Waals surface area contributed by atoms with Crippen molar-refractivity contribution in [1.29, 1.82) is 0 Å². The average molecular weight is 369 g/mol. The summed E-state index contributed by atoms with van der Waals surface area (Å²) in [5.41, 5.74) is 2.20. The van der Waals surface area contributed by atoms with E-state index in [0.717, 1.165) is 4.68 Å². The van der Waals surface area contributed by atoms with Gasteiger partial charge in [0.05, 0.1) is 19.1 Å². The maximum atomic E-state index is 13.7. The molecule has 2 aromatic rings. The van der Waals surface area contributed by atoms with Gasteiger partial charge in [-0.05, 0) is 12.1 Å². The van der Waals surface area contributed by atoms with E-state index in [1.54, 1.807) is 0 Å². The molecule has 0 aliphatic carbocycles. The van der Waals surface area contributed by atoms with Crippen LogP contribution in [0.15, 0.2) is 44.4 Å². The number of hydrogen-bond donors (Lipinski definition) is 3. The van der Waals surface area contributed by atoms with Gasteiger partial charge in [0.25, 0.3) is 0 Å². The van der Waals surface area contributed by atoms with Crippen LogP contribution in [-0.2, 0) is 6.42 Å². The molecule has 4 heterocycles. The number of furan rings is 1. The zero-order valence-electron chi connectivity index (χ0n) is 13.0. The molecule has 1 atom stereocenters. The van der Waals surface area contributed by atoms with Crippen molar-refractivity contribution in [1.82, 2.24) is 15.1 Å². The number of nitrogens with one attached hydrogen (secondary N) is 1. The number of H-pyrrole nitrogens is 1. The fourth-order valence-corrected chi connectivity index (χ4v) is 2.64. The van der Waals surface area contributed by atoms with Gasteiger partial charge in [0, 0.05) is 5.10 Å². The first-order chi connectivity index (χ1) is 12.3. The van der Waals surface area contributed by atoms with Gasteiger partial charge >= 0.3 is 17.9 Å². The molecule has 4 rings (SSSR count). The number of hydrogen-bond acceptors (Lipinski definition) is 8. The third kappa shape index (κ3) is 2.35. The van der Waals surface area contributed by atoms with Crippen molar-refractivity contribution >= 4 is 17.5 Å². The predicted molar refractivity (Wildman–Crippen MR) is 79.6 cm³/mol. The Bertz CT molecular complexity index is 930. The van der Waals surface area contributed by atoms with E-state index in [1.807, 2.05) is 0 Å². The monoisotopic (exact) mass is 369 g/mol. The Balaban J connectivity index is 1.87. The lowest BCUT2D eigenvalue weighted by molar-refractivity contribution is -0.637. The van der Waals surface area contributed by atoms with Gasteiger partial charge in [0.2, 0.25) is 5.82 Å². The molecule has 26 heavy (non-hydrogen) atoms.